The average molecular weight is 376 g/mol. The van der Waals surface area contributed by atoms with Crippen LogP contribution in [0, 0.1) is 11.8 Å². The Morgan fingerprint density at radius 2 is 1.74 bits per heavy atom. The molecule has 2 aliphatic rings. The van der Waals surface area contributed by atoms with Crippen LogP contribution in [0.1, 0.15) is 65.2 Å². The minimum atomic E-state index is -0.364. The van der Waals surface area contributed by atoms with Crippen molar-refractivity contribution in [2.24, 2.45) is 11.8 Å². The average Bonchev–Trinajstić information content (AvgIpc) is 2.71. The lowest BCUT2D eigenvalue weighted by molar-refractivity contribution is -0.126. The van der Waals surface area contributed by atoms with Crippen LogP contribution in [0.2, 0.25) is 0 Å². The summed E-state index contributed by atoms with van der Waals surface area (Å²) in [5.74, 6) is 0.757. The van der Waals surface area contributed by atoms with Gasteiger partial charge < -0.3 is 15.5 Å². The van der Waals surface area contributed by atoms with Gasteiger partial charge in [0, 0.05) is 31.6 Å². The first-order chi connectivity index (χ1) is 13.0. The maximum atomic E-state index is 12.3. The summed E-state index contributed by atoms with van der Waals surface area (Å²) in [6.45, 7) is 6.57. The molecule has 2 N–H and O–H groups in total. The fourth-order valence-corrected chi connectivity index (χ4v) is 4.30. The summed E-state index contributed by atoms with van der Waals surface area (Å²) >= 11 is 0. The largest absolute Gasteiger partial charge is 0.380 e. The van der Waals surface area contributed by atoms with Gasteiger partial charge in [-0.25, -0.2) is 0 Å². The van der Waals surface area contributed by atoms with Crippen LogP contribution in [-0.2, 0) is 4.79 Å². The maximum absolute atomic E-state index is 12.3. The van der Waals surface area contributed by atoms with E-state index in [0.29, 0.717) is 23.8 Å². The third kappa shape index (κ3) is 4.53. The van der Waals surface area contributed by atoms with Crippen molar-refractivity contribution in [3.8, 4) is 0 Å². The van der Waals surface area contributed by atoms with Crippen LogP contribution in [0.15, 0.2) is 9.59 Å². The van der Waals surface area contributed by atoms with Crippen molar-refractivity contribution in [3.05, 3.63) is 20.4 Å². The van der Waals surface area contributed by atoms with Gasteiger partial charge in [0.05, 0.1) is 0 Å². The predicted octanol–water partition coefficient (Wildman–Crippen LogP) is 2.41. The molecule has 0 spiro atoms. The number of hydrogen-bond donors (Lipinski definition) is 2. The quantitative estimate of drug-likeness (QED) is 0.716. The van der Waals surface area contributed by atoms with Gasteiger partial charge in [-0.05, 0) is 64.2 Å². The van der Waals surface area contributed by atoms with E-state index in [1.54, 1.807) is 0 Å². The number of rotatable bonds is 7. The van der Waals surface area contributed by atoms with Crippen molar-refractivity contribution < 1.29 is 4.79 Å². The third-order valence-corrected chi connectivity index (χ3v) is 6.34. The third-order valence-electron chi connectivity index (χ3n) is 6.34. The summed E-state index contributed by atoms with van der Waals surface area (Å²) in [5, 5.41) is 6.35. The lowest BCUT2D eigenvalue weighted by atomic mass is 9.81. The van der Waals surface area contributed by atoms with E-state index >= 15 is 0 Å². The lowest BCUT2D eigenvalue weighted by Gasteiger charge is -2.32. The molecule has 1 heterocycles. The van der Waals surface area contributed by atoms with Crippen LogP contribution in [0.4, 0.5) is 11.4 Å². The Bertz CT molecular complexity index is 709. The van der Waals surface area contributed by atoms with E-state index in [9.17, 15) is 14.4 Å². The van der Waals surface area contributed by atoms with E-state index in [2.05, 4.69) is 22.5 Å². The molecule has 1 unspecified atom stereocenters. The maximum Gasteiger partial charge on any atom is 0.253 e. The monoisotopic (exact) mass is 375 g/mol. The zero-order chi connectivity index (χ0) is 19.4. The van der Waals surface area contributed by atoms with E-state index in [4.69, 9.17) is 0 Å². The van der Waals surface area contributed by atoms with Gasteiger partial charge in [-0.2, -0.15) is 0 Å². The summed E-state index contributed by atoms with van der Waals surface area (Å²) in [7, 11) is 0. The second-order valence-corrected chi connectivity index (χ2v) is 8.35. The van der Waals surface area contributed by atoms with Crippen LogP contribution in [-0.4, -0.2) is 31.6 Å². The number of carbonyl (C=O) groups is 1. The molecule has 150 valence electrons. The van der Waals surface area contributed by atoms with E-state index in [-0.39, 0.29) is 28.7 Å². The van der Waals surface area contributed by atoms with Crippen LogP contribution in [0.25, 0.3) is 0 Å². The number of carbonyl (C=O) groups excluding carboxylic acids is 1. The van der Waals surface area contributed by atoms with Crippen molar-refractivity contribution in [3.63, 3.8) is 0 Å². The van der Waals surface area contributed by atoms with Gasteiger partial charge in [0.25, 0.3) is 10.9 Å². The molecule has 1 saturated heterocycles. The molecule has 1 aromatic rings. The summed E-state index contributed by atoms with van der Waals surface area (Å²) in [5.41, 5.74) is 0.446. The molecule has 27 heavy (non-hydrogen) atoms. The molecule has 1 atom stereocenters. The molecule has 1 aromatic carbocycles. The normalized spacial score (nSPS) is 24.6. The lowest BCUT2D eigenvalue weighted by Crippen LogP contribution is -2.45. The van der Waals surface area contributed by atoms with E-state index in [1.165, 1.54) is 6.42 Å². The molecule has 6 nitrogen and oxygen atoms in total. The fourth-order valence-electron chi connectivity index (χ4n) is 4.30. The number of anilines is 2. The zero-order valence-corrected chi connectivity index (χ0v) is 16.7. The molecular weight excluding hydrogens is 342 g/mol. The second-order valence-electron chi connectivity index (χ2n) is 8.35. The highest BCUT2D eigenvalue weighted by molar-refractivity contribution is 5.79. The van der Waals surface area contributed by atoms with Crippen LogP contribution in [0.5, 0.6) is 0 Å². The van der Waals surface area contributed by atoms with E-state index in [0.717, 1.165) is 58.0 Å². The number of nitrogens with one attached hydrogen (secondary N) is 2. The Hall–Kier alpha value is -1.85. The molecule has 3 rings (SSSR count). The minimum absolute atomic E-state index is 0.116. The van der Waals surface area contributed by atoms with Crippen molar-refractivity contribution in [1.82, 2.24) is 5.32 Å². The first-order valence-electron chi connectivity index (χ1n) is 10.6. The number of nitrogens with zero attached hydrogens (tertiary/aromatic N) is 1. The Morgan fingerprint density at radius 1 is 1.07 bits per heavy atom. The molecular formula is C21H33N3O3. The smallest absolute Gasteiger partial charge is 0.253 e. The van der Waals surface area contributed by atoms with Gasteiger partial charge >= 0.3 is 0 Å². The summed E-state index contributed by atoms with van der Waals surface area (Å²) in [6, 6.07) is 0.235. The van der Waals surface area contributed by atoms with Gasteiger partial charge in [-0.15, -0.1) is 0 Å². The van der Waals surface area contributed by atoms with E-state index < -0.39 is 0 Å². The van der Waals surface area contributed by atoms with Crippen LogP contribution < -0.4 is 26.4 Å². The molecule has 0 radical (unpaired) electrons. The zero-order valence-electron chi connectivity index (χ0n) is 16.7. The van der Waals surface area contributed by atoms with Gasteiger partial charge in [0.1, 0.15) is 11.4 Å². The Morgan fingerprint density at radius 3 is 2.37 bits per heavy atom. The molecule has 0 bridgehead atoms. The second kappa shape index (κ2) is 8.89. The van der Waals surface area contributed by atoms with Crippen molar-refractivity contribution in [2.75, 3.05) is 29.9 Å². The Kier molecular flexibility index (Phi) is 6.55. The number of piperidine rings is 1. The molecule has 1 aliphatic heterocycles. The Balaban J connectivity index is 1.48. The SMILES string of the molecule is CCC(C)NC(=O)C1CCC(CNc2c(N3CCCCC3)c(=O)c2=O)CC1. The first-order valence-corrected chi connectivity index (χ1v) is 10.6. The van der Waals surface area contributed by atoms with Crippen molar-refractivity contribution in [2.45, 2.75) is 71.3 Å². The van der Waals surface area contributed by atoms with Crippen molar-refractivity contribution in [1.29, 1.82) is 0 Å². The summed E-state index contributed by atoms with van der Waals surface area (Å²) in [6.07, 6.45) is 8.09. The highest BCUT2D eigenvalue weighted by Crippen LogP contribution is 2.30. The minimum Gasteiger partial charge on any atom is -0.380 e. The highest BCUT2D eigenvalue weighted by Gasteiger charge is 2.29. The molecule has 0 aromatic heterocycles. The van der Waals surface area contributed by atoms with E-state index in [1.807, 2.05) is 6.92 Å². The predicted molar refractivity (Wildman–Crippen MR) is 109 cm³/mol. The van der Waals surface area contributed by atoms with Gasteiger partial charge in [-0.3, -0.25) is 14.4 Å². The van der Waals surface area contributed by atoms with Crippen molar-refractivity contribution >= 4 is 17.3 Å². The standard InChI is InChI=1S/C21H33N3O3/c1-3-14(2)23-21(27)16-9-7-15(8-10-16)13-22-17-18(20(26)19(17)25)24-11-5-4-6-12-24/h14-16,22H,3-13H2,1-2H3,(H,23,27). The molecule has 1 amide bonds. The van der Waals surface area contributed by atoms with Gasteiger partial charge in [0.15, 0.2) is 0 Å². The molecule has 1 saturated carbocycles. The number of hydrogen-bond acceptors (Lipinski definition) is 5. The number of amides is 1. The molecule has 6 heteroatoms. The molecule has 2 fully saturated rings. The van der Waals surface area contributed by atoms with Gasteiger partial charge in [-0.1, -0.05) is 6.92 Å². The Labute approximate surface area is 161 Å². The fraction of sp³-hybridized carbons (Fsp3) is 0.762. The van der Waals surface area contributed by atoms with Crippen LogP contribution in [0.3, 0.4) is 0 Å². The summed E-state index contributed by atoms with van der Waals surface area (Å²) < 4.78 is 0. The van der Waals surface area contributed by atoms with Crippen LogP contribution >= 0.6 is 0 Å². The molecule has 1 aliphatic carbocycles. The first kappa shape index (κ1) is 19.9. The van der Waals surface area contributed by atoms with Gasteiger partial charge in [0.2, 0.25) is 5.91 Å². The summed E-state index contributed by atoms with van der Waals surface area (Å²) in [4.78, 5) is 38.4. The topological polar surface area (TPSA) is 78.5 Å². The highest BCUT2D eigenvalue weighted by atomic mass is 16.2.